The summed E-state index contributed by atoms with van der Waals surface area (Å²) < 4.78 is 0. The van der Waals surface area contributed by atoms with Gasteiger partial charge in [0.25, 0.3) is 5.91 Å². The molecule has 0 radical (unpaired) electrons. The van der Waals surface area contributed by atoms with E-state index in [-0.39, 0.29) is 17.4 Å². The van der Waals surface area contributed by atoms with Gasteiger partial charge in [0.2, 0.25) is 5.91 Å². The third kappa shape index (κ3) is 3.00. The summed E-state index contributed by atoms with van der Waals surface area (Å²) in [5, 5.41) is 0. The Hall–Kier alpha value is -1.82. The maximum Gasteiger partial charge on any atom is 0.270 e. The van der Waals surface area contributed by atoms with E-state index in [2.05, 4.69) is 16.9 Å². The number of aromatic nitrogens is 1. The number of amides is 2. The van der Waals surface area contributed by atoms with Gasteiger partial charge in [0.1, 0.15) is 5.69 Å². The fourth-order valence-corrected chi connectivity index (χ4v) is 3.83. The van der Waals surface area contributed by atoms with Crippen LogP contribution in [0.25, 0.3) is 0 Å². The SMILES string of the molecule is CCN1CCC2(CCC1=O)CN(C(=O)c1ccc[nH]1)CCN2C. The number of aromatic amines is 1. The van der Waals surface area contributed by atoms with E-state index in [0.29, 0.717) is 18.7 Å². The Kier molecular flexibility index (Phi) is 4.43. The molecule has 126 valence electrons. The molecule has 6 nitrogen and oxygen atoms in total. The van der Waals surface area contributed by atoms with Gasteiger partial charge in [-0.2, -0.15) is 0 Å². The molecule has 1 N–H and O–H groups in total. The molecule has 3 rings (SSSR count). The van der Waals surface area contributed by atoms with Gasteiger partial charge in [0.05, 0.1) is 0 Å². The summed E-state index contributed by atoms with van der Waals surface area (Å²) in [5.74, 6) is 0.302. The first-order valence-corrected chi connectivity index (χ1v) is 8.47. The van der Waals surface area contributed by atoms with Crippen LogP contribution in [-0.2, 0) is 4.79 Å². The number of rotatable bonds is 2. The maximum atomic E-state index is 12.7. The van der Waals surface area contributed by atoms with Crippen molar-refractivity contribution >= 4 is 11.8 Å². The second-order valence-corrected chi connectivity index (χ2v) is 6.68. The highest BCUT2D eigenvalue weighted by Gasteiger charge is 2.43. The average Bonchev–Trinajstić information content (AvgIpc) is 3.04. The minimum absolute atomic E-state index is 0.0606. The molecule has 0 saturated carbocycles. The van der Waals surface area contributed by atoms with E-state index >= 15 is 0 Å². The van der Waals surface area contributed by atoms with Crippen molar-refractivity contribution in [2.75, 3.05) is 39.8 Å². The molecule has 0 aromatic carbocycles. The van der Waals surface area contributed by atoms with Gasteiger partial charge in [0.15, 0.2) is 0 Å². The number of nitrogens with zero attached hydrogens (tertiary/aromatic N) is 3. The lowest BCUT2D eigenvalue weighted by molar-refractivity contribution is -0.130. The fourth-order valence-electron chi connectivity index (χ4n) is 3.83. The normalized spacial score (nSPS) is 26.6. The van der Waals surface area contributed by atoms with Gasteiger partial charge in [-0.3, -0.25) is 14.5 Å². The van der Waals surface area contributed by atoms with Crippen LogP contribution in [0.4, 0.5) is 0 Å². The molecule has 3 heterocycles. The standard InChI is InChI=1S/C17H26N4O2/c1-3-20-10-8-17(7-6-15(20)22)13-21(12-11-19(17)2)16(23)14-5-4-9-18-14/h4-5,9,18H,3,6-8,10-13H2,1-2H3. The molecule has 1 atom stereocenters. The predicted molar refractivity (Wildman–Crippen MR) is 88.2 cm³/mol. The van der Waals surface area contributed by atoms with Crippen molar-refractivity contribution < 1.29 is 9.59 Å². The lowest BCUT2D eigenvalue weighted by Crippen LogP contribution is -2.62. The molecular formula is C17H26N4O2. The van der Waals surface area contributed by atoms with E-state index in [1.807, 2.05) is 28.9 Å². The Labute approximate surface area is 137 Å². The van der Waals surface area contributed by atoms with Crippen LogP contribution in [0.5, 0.6) is 0 Å². The van der Waals surface area contributed by atoms with Crippen LogP contribution in [-0.4, -0.2) is 76.8 Å². The van der Waals surface area contributed by atoms with Crippen molar-refractivity contribution in [1.82, 2.24) is 19.7 Å². The number of likely N-dealkylation sites (N-methyl/N-ethyl adjacent to an activating group) is 1. The number of piperazine rings is 1. The van der Waals surface area contributed by atoms with Gasteiger partial charge < -0.3 is 14.8 Å². The van der Waals surface area contributed by atoms with E-state index in [1.165, 1.54) is 0 Å². The molecule has 2 saturated heterocycles. The number of carbonyl (C=O) groups is 2. The van der Waals surface area contributed by atoms with Crippen LogP contribution in [0.3, 0.4) is 0 Å². The maximum absolute atomic E-state index is 12.7. The van der Waals surface area contributed by atoms with Crippen LogP contribution in [0, 0.1) is 0 Å². The molecule has 0 aliphatic carbocycles. The van der Waals surface area contributed by atoms with Crippen molar-refractivity contribution in [3.63, 3.8) is 0 Å². The van der Waals surface area contributed by atoms with Crippen LogP contribution in [0.15, 0.2) is 18.3 Å². The van der Waals surface area contributed by atoms with Crippen molar-refractivity contribution in [2.24, 2.45) is 0 Å². The topological polar surface area (TPSA) is 59.7 Å². The molecule has 2 amide bonds. The Bertz CT molecular complexity index is 571. The van der Waals surface area contributed by atoms with Crippen molar-refractivity contribution in [1.29, 1.82) is 0 Å². The average molecular weight is 318 g/mol. The Morgan fingerprint density at radius 1 is 1.30 bits per heavy atom. The second-order valence-electron chi connectivity index (χ2n) is 6.68. The van der Waals surface area contributed by atoms with Crippen LogP contribution in [0.2, 0.25) is 0 Å². The zero-order valence-corrected chi connectivity index (χ0v) is 14.0. The lowest BCUT2D eigenvalue weighted by Gasteiger charge is -2.49. The van der Waals surface area contributed by atoms with Crippen molar-refractivity contribution in [2.45, 2.75) is 31.7 Å². The summed E-state index contributed by atoms with van der Waals surface area (Å²) in [6.07, 6.45) is 4.11. The number of hydrogen-bond acceptors (Lipinski definition) is 3. The molecule has 1 aromatic heterocycles. The summed E-state index contributed by atoms with van der Waals surface area (Å²) in [6, 6.07) is 3.67. The van der Waals surface area contributed by atoms with Crippen LogP contribution >= 0.6 is 0 Å². The van der Waals surface area contributed by atoms with Crippen LogP contribution in [0.1, 0.15) is 36.7 Å². The molecule has 2 aliphatic heterocycles. The molecule has 0 bridgehead atoms. The first-order valence-electron chi connectivity index (χ1n) is 8.47. The highest BCUT2D eigenvalue weighted by Crippen LogP contribution is 2.32. The quantitative estimate of drug-likeness (QED) is 0.890. The molecule has 23 heavy (non-hydrogen) atoms. The molecule has 1 unspecified atom stereocenters. The first kappa shape index (κ1) is 16.1. The van der Waals surface area contributed by atoms with E-state index in [0.717, 1.165) is 39.0 Å². The van der Waals surface area contributed by atoms with Crippen molar-refractivity contribution in [3.05, 3.63) is 24.0 Å². The molecule has 2 fully saturated rings. The fraction of sp³-hybridized carbons (Fsp3) is 0.647. The van der Waals surface area contributed by atoms with Gasteiger partial charge in [-0.05, 0) is 38.9 Å². The predicted octanol–water partition coefficient (Wildman–Crippen LogP) is 1.17. The number of carbonyl (C=O) groups excluding carboxylic acids is 2. The van der Waals surface area contributed by atoms with E-state index in [9.17, 15) is 9.59 Å². The van der Waals surface area contributed by atoms with E-state index < -0.39 is 0 Å². The number of likely N-dealkylation sites (tertiary alicyclic amines) is 1. The molecule has 6 heteroatoms. The van der Waals surface area contributed by atoms with Gasteiger partial charge in [-0.1, -0.05) is 0 Å². The Morgan fingerprint density at radius 2 is 2.13 bits per heavy atom. The highest BCUT2D eigenvalue weighted by molar-refractivity contribution is 5.92. The second kappa shape index (κ2) is 6.35. The Morgan fingerprint density at radius 3 is 2.83 bits per heavy atom. The summed E-state index contributed by atoms with van der Waals surface area (Å²) in [5.41, 5.74) is 0.560. The summed E-state index contributed by atoms with van der Waals surface area (Å²) in [4.78, 5) is 34.1. The number of nitrogens with one attached hydrogen (secondary N) is 1. The summed E-state index contributed by atoms with van der Waals surface area (Å²) in [6.45, 7) is 5.87. The zero-order valence-electron chi connectivity index (χ0n) is 14.0. The van der Waals surface area contributed by atoms with E-state index in [1.54, 1.807) is 6.20 Å². The summed E-state index contributed by atoms with van der Waals surface area (Å²) >= 11 is 0. The minimum atomic E-state index is -0.0833. The molecular weight excluding hydrogens is 292 g/mol. The van der Waals surface area contributed by atoms with Gasteiger partial charge >= 0.3 is 0 Å². The molecule has 2 aliphatic rings. The smallest absolute Gasteiger partial charge is 0.270 e. The minimum Gasteiger partial charge on any atom is -0.357 e. The largest absolute Gasteiger partial charge is 0.357 e. The monoisotopic (exact) mass is 318 g/mol. The molecule has 1 aromatic rings. The van der Waals surface area contributed by atoms with Gasteiger partial charge in [0, 0.05) is 50.9 Å². The lowest BCUT2D eigenvalue weighted by atomic mass is 9.86. The van der Waals surface area contributed by atoms with Gasteiger partial charge in [-0.15, -0.1) is 0 Å². The third-order valence-corrected chi connectivity index (χ3v) is 5.50. The molecule has 1 spiro atoms. The summed E-state index contributed by atoms with van der Waals surface area (Å²) in [7, 11) is 2.13. The van der Waals surface area contributed by atoms with Crippen LogP contribution < -0.4 is 0 Å². The number of H-pyrrole nitrogens is 1. The van der Waals surface area contributed by atoms with Gasteiger partial charge in [-0.25, -0.2) is 0 Å². The first-order chi connectivity index (χ1) is 11.1. The van der Waals surface area contributed by atoms with E-state index in [4.69, 9.17) is 0 Å². The van der Waals surface area contributed by atoms with Crippen molar-refractivity contribution in [3.8, 4) is 0 Å². The third-order valence-electron chi connectivity index (χ3n) is 5.50. The Balaban J connectivity index is 1.77. The zero-order chi connectivity index (χ0) is 16.4. The highest BCUT2D eigenvalue weighted by atomic mass is 16.2. The number of hydrogen-bond donors (Lipinski definition) is 1.